The second-order valence-corrected chi connectivity index (χ2v) is 7.42. The maximum absolute atomic E-state index is 6.03. The molecule has 0 radical (unpaired) electrons. The van der Waals surface area contributed by atoms with Gasteiger partial charge in [0, 0.05) is 26.7 Å². The van der Waals surface area contributed by atoms with Crippen molar-refractivity contribution in [1.29, 1.82) is 0 Å². The lowest BCUT2D eigenvalue weighted by Crippen LogP contribution is -2.40. The van der Waals surface area contributed by atoms with Gasteiger partial charge in [0.25, 0.3) is 0 Å². The maximum Gasteiger partial charge on any atom is 0.191 e. The molecule has 0 amide bonds. The molecule has 1 aliphatic rings. The molecule has 27 heavy (non-hydrogen) atoms. The van der Waals surface area contributed by atoms with Gasteiger partial charge in [-0.1, -0.05) is 26.2 Å². The van der Waals surface area contributed by atoms with Crippen molar-refractivity contribution in [3.63, 3.8) is 0 Å². The normalized spacial score (nSPS) is 16.7. The third-order valence-corrected chi connectivity index (χ3v) is 5.41. The van der Waals surface area contributed by atoms with Gasteiger partial charge in [0.2, 0.25) is 0 Å². The number of rotatable bonds is 11. The van der Waals surface area contributed by atoms with Crippen molar-refractivity contribution in [3.05, 3.63) is 11.6 Å². The molecule has 7 nitrogen and oxygen atoms in total. The Morgan fingerprint density at radius 1 is 1.22 bits per heavy atom. The Labute approximate surface area is 164 Å². The van der Waals surface area contributed by atoms with Crippen LogP contribution in [0.4, 0.5) is 0 Å². The average molecular weight is 379 g/mol. The van der Waals surface area contributed by atoms with Crippen molar-refractivity contribution in [2.45, 2.75) is 78.4 Å². The highest BCUT2D eigenvalue weighted by molar-refractivity contribution is 5.79. The molecule has 7 heteroatoms. The molecule has 0 spiro atoms. The Bertz CT molecular complexity index is 565. The monoisotopic (exact) mass is 378 g/mol. The van der Waals surface area contributed by atoms with E-state index in [0.29, 0.717) is 12.6 Å². The first-order valence-electron chi connectivity index (χ1n) is 10.6. The molecule has 1 aliphatic carbocycles. The van der Waals surface area contributed by atoms with Crippen LogP contribution >= 0.6 is 0 Å². The Morgan fingerprint density at radius 2 is 1.96 bits per heavy atom. The van der Waals surface area contributed by atoms with Gasteiger partial charge in [-0.2, -0.15) is 0 Å². The zero-order valence-corrected chi connectivity index (χ0v) is 17.6. The summed E-state index contributed by atoms with van der Waals surface area (Å²) in [5, 5.41) is 15.2. The second-order valence-electron chi connectivity index (χ2n) is 7.42. The molecular formula is C20H38N6O. The largest absolute Gasteiger partial charge is 0.378 e. The average Bonchev–Trinajstić information content (AvgIpc) is 3.30. The van der Waals surface area contributed by atoms with E-state index < -0.39 is 0 Å². The second kappa shape index (κ2) is 12.0. The van der Waals surface area contributed by atoms with Crippen molar-refractivity contribution < 1.29 is 4.74 Å². The Morgan fingerprint density at radius 3 is 2.59 bits per heavy atom. The lowest BCUT2D eigenvalue weighted by atomic mass is 9.98. The summed E-state index contributed by atoms with van der Waals surface area (Å²) in [6, 6.07) is 0. The van der Waals surface area contributed by atoms with Crippen molar-refractivity contribution >= 4 is 5.96 Å². The van der Waals surface area contributed by atoms with Gasteiger partial charge < -0.3 is 19.9 Å². The van der Waals surface area contributed by atoms with Crippen LogP contribution in [-0.4, -0.2) is 46.5 Å². The van der Waals surface area contributed by atoms with Gasteiger partial charge in [-0.15, -0.1) is 10.2 Å². The molecule has 2 rings (SSSR count). The number of unbranched alkanes of at least 4 members (excludes halogenated alkanes) is 1. The van der Waals surface area contributed by atoms with Gasteiger partial charge in [0.15, 0.2) is 11.8 Å². The number of hydrogen-bond donors (Lipinski definition) is 2. The van der Waals surface area contributed by atoms with E-state index in [1.165, 1.54) is 25.7 Å². The summed E-state index contributed by atoms with van der Waals surface area (Å²) >= 11 is 0. The van der Waals surface area contributed by atoms with E-state index in [1.54, 1.807) is 0 Å². The van der Waals surface area contributed by atoms with Gasteiger partial charge in [0.05, 0.1) is 6.10 Å². The quantitative estimate of drug-likeness (QED) is 0.352. The predicted molar refractivity (Wildman–Crippen MR) is 110 cm³/mol. The molecule has 0 bridgehead atoms. The van der Waals surface area contributed by atoms with Crippen LogP contribution in [0, 0.1) is 12.8 Å². The summed E-state index contributed by atoms with van der Waals surface area (Å²) in [5.41, 5.74) is 0. The van der Waals surface area contributed by atoms with E-state index >= 15 is 0 Å². The molecule has 1 aromatic heterocycles. The topological polar surface area (TPSA) is 76.4 Å². The zero-order chi connectivity index (χ0) is 19.5. The Hall–Kier alpha value is -1.63. The molecule has 154 valence electrons. The van der Waals surface area contributed by atoms with Gasteiger partial charge >= 0.3 is 0 Å². The van der Waals surface area contributed by atoms with Crippen LogP contribution in [-0.2, 0) is 18.3 Å². The van der Waals surface area contributed by atoms with E-state index in [4.69, 9.17) is 9.73 Å². The minimum atomic E-state index is 0.364. The van der Waals surface area contributed by atoms with Gasteiger partial charge in [-0.25, -0.2) is 4.99 Å². The van der Waals surface area contributed by atoms with Gasteiger partial charge in [-0.05, 0) is 45.4 Å². The van der Waals surface area contributed by atoms with Crippen LogP contribution in [0.15, 0.2) is 4.99 Å². The van der Waals surface area contributed by atoms with Crippen molar-refractivity contribution in [2.75, 3.05) is 19.7 Å². The molecule has 1 unspecified atom stereocenters. The van der Waals surface area contributed by atoms with E-state index in [1.807, 2.05) is 18.5 Å². The number of ether oxygens (including phenoxy) is 1. The fourth-order valence-electron chi connectivity index (χ4n) is 3.63. The SMILES string of the molecule is CCCCNC(=NCc1nnc(C)n1C)NCCC(OCC)C1CCCC1. The molecule has 1 heterocycles. The summed E-state index contributed by atoms with van der Waals surface area (Å²) < 4.78 is 8.02. The van der Waals surface area contributed by atoms with Crippen LogP contribution in [0.1, 0.15) is 70.4 Å². The molecule has 0 aromatic carbocycles. The first kappa shape index (κ1) is 21.7. The smallest absolute Gasteiger partial charge is 0.191 e. The maximum atomic E-state index is 6.03. The number of guanidine groups is 1. The fraction of sp³-hybridized carbons (Fsp3) is 0.850. The van der Waals surface area contributed by atoms with E-state index in [-0.39, 0.29) is 0 Å². The Kier molecular flexibility index (Phi) is 9.59. The number of aromatic nitrogens is 3. The minimum absolute atomic E-state index is 0.364. The zero-order valence-electron chi connectivity index (χ0n) is 17.6. The lowest BCUT2D eigenvalue weighted by molar-refractivity contribution is 0.0169. The molecule has 0 aliphatic heterocycles. The fourth-order valence-corrected chi connectivity index (χ4v) is 3.63. The van der Waals surface area contributed by atoms with Crippen LogP contribution in [0.25, 0.3) is 0 Å². The summed E-state index contributed by atoms with van der Waals surface area (Å²) in [6.07, 6.45) is 9.01. The predicted octanol–water partition coefficient (Wildman–Crippen LogP) is 2.94. The van der Waals surface area contributed by atoms with Crippen LogP contribution in [0.5, 0.6) is 0 Å². The summed E-state index contributed by atoms with van der Waals surface area (Å²) in [7, 11) is 1.98. The van der Waals surface area contributed by atoms with Crippen molar-refractivity contribution in [2.24, 2.45) is 18.0 Å². The van der Waals surface area contributed by atoms with E-state index in [0.717, 1.165) is 62.5 Å². The third kappa shape index (κ3) is 7.13. The standard InChI is InChI=1S/C20H38N6O/c1-5-7-13-21-20(23-15-19-25-24-16(3)26(19)4)22-14-12-18(27-6-2)17-10-8-9-11-17/h17-18H,5-15H2,1-4H3,(H2,21,22,23). The van der Waals surface area contributed by atoms with Crippen molar-refractivity contribution in [3.8, 4) is 0 Å². The number of nitrogens with one attached hydrogen (secondary N) is 2. The molecule has 2 N–H and O–H groups in total. The number of hydrogen-bond acceptors (Lipinski definition) is 4. The van der Waals surface area contributed by atoms with Gasteiger partial charge in [-0.3, -0.25) is 0 Å². The lowest BCUT2D eigenvalue weighted by Gasteiger charge is -2.24. The highest BCUT2D eigenvalue weighted by Crippen LogP contribution is 2.30. The highest BCUT2D eigenvalue weighted by Gasteiger charge is 2.25. The van der Waals surface area contributed by atoms with Crippen LogP contribution in [0.2, 0.25) is 0 Å². The third-order valence-electron chi connectivity index (χ3n) is 5.41. The van der Waals surface area contributed by atoms with E-state index in [2.05, 4.69) is 34.7 Å². The van der Waals surface area contributed by atoms with E-state index in [9.17, 15) is 0 Å². The number of aryl methyl sites for hydroxylation is 1. The molecule has 1 saturated carbocycles. The molecular weight excluding hydrogens is 340 g/mol. The number of aliphatic imine (C=N–C) groups is 1. The Balaban J connectivity index is 1.88. The minimum Gasteiger partial charge on any atom is -0.378 e. The van der Waals surface area contributed by atoms with Crippen LogP contribution < -0.4 is 10.6 Å². The molecule has 1 atom stereocenters. The number of nitrogens with zero attached hydrogens (tertiary/aromatic N) is 4. The summed E-state index contributed by atoms with van der Waals surface area (Å²) in [4.78, 5) is 4.71. The summed E-state index contributed by atoms with van der Waals surface area (Å²) in [5.74, 6) is 3.36. The van der Waals surface area contributed by atoms with Gasteiger partial charge in [0.1, 0.15) is 12.4 Å². The first-order chi connectivity index (χ1) is 13.2. The van der Waals surface area contributed by atoms with Crippen molar-refractivity contribution in [1.82, 2.24) is 25.4 Å². The highest BCUT2D eigenvalue weighted by atomic mass is 16.5. The molecule has 0 saturated heterocycles. The first-order valence-corrected chi connectivity index (χ1v) is 10.6. The summed E-state index contributed by atoms with van der Waals surface area (Å²) in [6.45, 7) is 9.36. The van der Waals surface area contributed by atoms with Crippen LogP contribution in [0.3, 0.4) is 0 Å². The molecule has 1 fully saturated rings. The molecule has 1 aromatic rings.